The van der Waals surface area contributed by atoms with Crippen molar-refractivity contribution in [1.82, 2.24) is 0 Å². The summed E-state index contributed by atoms with van der Waals surface area (Å²) in [5.41, 5.74) is -0.279. The number of nitro groups is 2. The Morgan fingerprint density at radius 1 is 0.762 bits per heavy atom. The van der Waals surface area contributed by atoms with E-state index >= 15 is 0 Å². The largest absolute Gasteiger partial charge is 0.296 e. The predicted octanol–water partition coefficient (Wildman–Crippen LogP) is 2.97. The van der Waals surface area contributed by atoms with Gasteiger partial charge in [-0.2, -0.15) is 0 Å². The molecule has 7 nitrogen and oxygen atoms in total. The number of nitro benzene ring substituents is 2. The van der Waals surface area contributed by atoms with Crippen LogP contribution < -0.4 is 10.6 Å². The molecule has 0 aliphatic rings. The number of hydrogen-bond donors (Lipinski definition) is 0. The summed E-state index contributed by atoms with van der Waals surface area (Å²) in [6.07, 6.45) is 0. The third-order valence-corrected chi connectivity index (χ3v) is 5.88. The third kappa shape index (κ3) is 3.09. The normalized spacial score (nSPS) is 11.1. The molecule has 2 aromatic carbocycles. The maximum Gasteiger partial charge on any atom is 0.269 e. The van der Waals surface area contributed by atoms with Crippen LogP contribution in [0.1, 0.15) is 0 Å². The number of nitrogens with zero attached hydrogens (tertiary/aromatic N) is 2. The molecular weight excluding hydrogens is 319 g/mol. The van der Waals surface area contributed by atoms with E-state index in [0.717, 1.165) is 0 Å². The maximum atomic E-state index is 12.6. The highest BCUT2D eigenvalue weighted by Crippen LogP contribution is 2.48. The minimum atomic E-state index is -3.47. The van der Waals surface area contributed by atoms with Gasteiger partial charge in [-0.15, -0.1) is 0 Å². The summed E-state index contributed by atoms with van der Waals surface area (Å²) in [4.78, 5) is 20.0. The van der Waals surface area contributed by atoms with Crippen LogP contribution in [0.2, 0.25) is 0 Å². The minimum absolute atomic E-state index is 0.140. The molecule has 0 atom stereocenters. The second-order valence-corrected chi connectivity index (χ2v) is 7.61. The molecule has 0 N–H and O–H groups in total. The molecule has 9 heteroatoms. The van der Waals surface area contributed by atoms with Crippen molar-refractivity contribution in [2.75, 3.05) is 0 Å². The van der Waals surface area contributed by atoms with Crippen molar-refractivity contribution in [2.45, 2.75) is 0 Å². The minimum Gasteiger partial charge on any atom is -0.296 e. The van der Waals surface area contributed by atoms with E-state index in [1.807, 2.05) is 0 Å². The van der Waals surface area contributed by atoms with Crippen molar-refractivity contribution in [1.29, 1.82) is 0 Å². The van der Waals surface area contributed by atoms with Gasteiger partial charge in [-0.1, -0.05) is 0 Å². The van der Waals surface area contributed by atoms with Crippen LogP contribution >= 0.6 is 17.7 Å². The third-order valence-electron chi connectivity index (χ3n) is 2.79. The van der Waals surface area contributed by atoms with E-state index in [1.54, 1.807) is 0 Å². The summed E-state index contributed by atoms with van der Waals surface area (Å²) in [7, 11) is 0. The zero-order valence-electron chi connectivity index (χ0n) is 10.4. The topological polar surface area (TPSA) is 103 Å². The summed E-state index contributed by atoms with van der Waals surface area (Å²) in [5, 5.41) is 21.6. The van der Waals surface area contributed by atoms with E-state index in [4.69, 9.17) is 11.2 Å². The number of hydrogen-bond acceptors (Lipinski definition) is 5. The molecule has 2 aromatic rings. The van der Waals surface area contributed by atoms with E-state index in [9.17, 15) is 24.8 Å². The van der Waals surface area contributed by atoms with Gasteiger partial charge < -0.3 is 0 Å². The van der Waals surface area contributed by atoms with E-state index in [1.165, 1.54) is 48.5 Å². The van der Waals surface area contributed by atoms with Crippen molar-refractivity contribution >= 4 is 39.7 Å². The molecule has 0 fully saturated rings. The first-order chi connectivity index (χ1) is 9.82. The van der Waals surface area contributed by atoms with Gasteiger partial charge in [-0.05, 0) is 35.5 Å². The zero-order valence-corrected chi connectivity index (χ0v) is 12.0. The highest BCUT2D eigenvalue weighted by atomic mass is 35.7. The molecule has 0 spiro atoms. The van der Waals surface area contributed by atoms with Gasteiger partial charge in [0.1, 0.15) is 0 Å². The standard InChI is InChI=1S/C12H8ClN2O5P/c13-21(20,11-5-1-9(2-6-11)14(16)17)12-7-3-10(4-8-12)15(18)19/h1-8H. The van der Waals surface area contributed by atoms with Crippen LogP contribution in [0.3, 0.4) is 0 Å². The number of rotatable bonds is 4. The lowest BCUT2D eigenvalue weighted by Gasteiger charge is -2.10. The first-order valence-electron chi connectivity index (χ1n) is 5.62. The quantitative estimate of drug-likeness (QED) is 0.488. The highest BCUT2D eigenvalue weighted by molar-refractivity contribution is 8.00. The second kappa shape index (κ2) is 5.63. The molecule has 0 amide bonds. The Kier molecular flexibility index (Phi) is 4.06. The van der Waals surface area contributed by atoms with Crippen LogP contribution in [0.5, 0.6) is 0 Å². The smallest absolute Gasteiger partial charge is 0.269 e. The Labute approximate surface area is 123 Å². The average Bonchev–Trinajstić information content (AvgIpc) is 2.47. The van der Waals surface area contributed by atoms with Crippen LogP contribution in [0.15, 0.2) is 48.5 Å². The van der Waals surface area contributed by atoms with Crippen molar-refractivity contribution < 1.29 is 14.4 Å². The van der Waals surface area contributed by atoms with Crippen LogP contribution in [0.4, 0.5) is 11.4 Å². The molecule has 0 radical (unpaired) electrons. The SMILES string of the molecule is O=[N+]([O-])c1ccc(P(=O)(Cl)c2ccc([N+](=O)[O-])cc2)cc1. The predicted molar refractivity (Wildman–Crippen MR) is 78.9 cm³/mol. The molecule has 2 rings (SSSR count). The Hall–Kier alpha value is -2.24. The molecule has 0 saturated heterocycles. The summed E-state index contributed by atoms with van der Waals surface area (Å²) in [6.45, 7) is -3.47. The highest BCUT2D eigenvalue weighted by Gasteiger charge is 2.25. The summed E-state index contributed by atoms with van der Waals surface area (Å²) < 4.78 is 12.6. The number of non-ortho nitro benzene ring substituents is 2. The average molecular weight is 327 g/mol. The van der Waals surface area contributed by atoms with Crippen LogP contribution in [0.25, 0.3) is 0 Å². The summed E-state index contributed by atoms with van der Waals surface area (Å²) in [5.74, 6) is 0. The molecule has 0 saturated carbocycles. The molecule has 0 heterocycles. The molecule has 0 aliphatic carbocycles. The zero-order chi connectivity index (χ0) is 15.6. The fourth-order valence-electron chi connectivity index (χ4n) is 1.68. The molecule has 0 bridgehead atoms. The first kappa shape index (κ1) is 15.2. The van der Waals surface area contributed by atoms with E-state index in [-0.39, 0.29) is 22.0 Å². The Balaban J connectivity index is 2.38. The Bertz CT molecular complexity index is 684. The van der Waals surface area contributed by atoms with Gasteiger partial charge >= 0.3 is 0 Å². The van der Waals surface area contributed by atoms with E-state index < -0.39 is 16.3 Å². The van der Waals surface area contributed by atoms with Gasteiger partial charge in [0.2, 0.25) is 6.49 Å². The summed E-state index contributed by atoms with van der Waals surface area (Å²) >= 11 is 6.07. The second-order valence-electron chi connectivity index (χ2n) is 4.08. The van der Waals surface area contributed by atoms with Crippen molar-refractivity contribution in [2.24, 2.45) is 0 Å². The van der Waals surface area contributed by atoms with Gasteiger partial charge in [0.15, 0.2) is 0 Å². The lowest BCUT2D eigenvalue weighted by Crippen LogP contribution is -2.12. The Morgan fingerprint density at radius 2 is 1.05 bits per heavy atom. The Morgan fingerprint density at radius 3 is 1.29 bits per heavy atom. The number of halogens is 1. The van der Waals surface area contributed by atoms with E-state index in [2.05, 4.69) is 0 Å². The lowest BCUT2D eigenvalue weighted by atomic mass is 10.3. The van der Waals surface area contributed by atoms with Gasteiger partial charge in [-0.3, -0.25) is 24.8 Å². The fourth-order valence-corrected chi connectivity index (χ4v) is 3.72. The summed E-state index contributed by atoms with van der Waals surface area (Å²) in [6, 6.07) is 10.1. The van der Waals surface area contributed by atoms with Crippen LogP contribution in [-0.4, -0.2) is 9.85 Å². The van der Waals surface area contributed by atoms with Gasteiger partial charge in [0, 0.05) is 34.9 Å². The van der Waals surface area contributed by atoms with Crippen molar-refractivity contribution in [3.05, 3.63) is 68.8 Å². The fraction of sp³-hybridized carbons (Fsp3) is 0. The van der Waals surface area contributed by atoms with Gasteiger partial charge in [0.05, 0.1) is 9.85 Å². The molecule has 0 aromatic heterocycles. The molecule has 108 valence electrons. The van der Waals surface area contributed by atoms with Crippen LogP contribution in [-0.2, 0) is 4.57 Å². The van der Waals surface area contributed by atoms with Gasteiger partial charge in [0.25, 0.3) is 11.4 Å². The van der Waals surface area contributed by atoms with Crippen molar-refractivity contribution in [3.8, 4) is 0 Å². The monoisotopic (exact) mass is 326 g/mol. The maximum absolute atomic E-state index is 12.6. The van der Waals surface area contributed by atoms with E-state index in [0.29, 0.717) is 0 Å². The first-order valence-corrected chi connectivity index (χ1v) is 8.23. The molecule has 0 aliphatic heterocycles. The lowest BCUT2D eigenvalue weighted by molar-refractivity contribution is -0.385. The molecule has 21 heavy (non-hydrogen) atoms. The molecular formula is C12H8ClN2O5P. The number of benzene rings is 2. The van der Waals surface area contributed by atoms with Crippen LogP contribution in [0, 0.1) is 20.2 Å². The van der Waals surface area contributed by atoms with Crippen molar-refractivity contribution in [3.63, 3.8) is 0 Å². The molecule has 0 unspecified atom stereocenters. The van der Waals surface area contributed by atoms with Gasteiger partial charge in [-0.25, -0.2) is 0 Å².